The molecular weight excluding hydrogens is 376 g/mol. The highest BCUT2D eigenvalue weighted by Gasteiger charge is 2.42. The number of ether oxygens (including phenoxy) is 2. The molecule has 2 N–H and O–H groups in total. The largest absolute Gasteiger partial charge is 0.489 e. The van der Waals surface area contributed by atoms with Gasteiger partial charge in [-0.1, -0.05) is 30.3 Å². The van der Waals surface area contributed by atoms with Crippen molar-refractivity contribution >= 4 is 18.3 Å². The summed E-state index contributed by atoms with van der Waals surface area (Å²) in [5.41, 5.74) is 7.27. The summed E-state index contributed by atoms with van der Waals surface area (Å²) in [5, 5.41) is 0. The topological polar surface area (TPSA) is 64.8 Å². The van der Waals surface area contributed by atoms with Crippen LogP contribution in [0.15, 0.2) is 54.6 Å². The minimum Gasteiger partial charge on any atom is -0.489 e. The van der Waals surface area contributed by atoms with Crippen molar-refractivity contribution in [3.8, 4) is 11.5 Å². The Balaban J connectivity index is 0.00000225. The molecule has 0 bridgehead atoms. The Morgan fingerprint density at radius 3 is 2.32 bits per heavy atom. The molecule has 5 nitrogen and oxygen atoms in total. The number of halogens is 1. The van der Waals surface area contributed by atoms with Crippen LogP contribution in [0, 0.1) is 11.8 Å². The first-order valence-corrected chi connectivity index (χ1v) is 9.62. The summed E-state index contributed by atoms with van der Waals surface area (Å²) in [7, 11) is 0. The number of nitrogens with zero attached hydrogens (tertiary/aromatic N) is 1. The normalized spacial score (nSPS) is 23.0. The van der Waals surface area contributed by atoms with Crippen molar-refractivity contribution in [2.24, 2.45) is 17.6 Å². The average Bonchev–Trinajstić information content (AvgIpc) is 3.28. The van der Waals surface area contributed by atoms with E-state index in [9.17, 15) is 4.79 Å². The fourth-order valence-electron chi connectivity index (χ4n) is 4.12. The molecule has 1 aliphatic heterocycles. The van der Waals surface area contributed by atoms with Crippen molar-refractivity contribution in [2.75, 3.05) is 19.7 Å². The van der Waals surface area contributed by atoms with Gasteiger partial charge >= 0.3 is 0 Å². The number of nitrogens with two attached hydrogens (primary N) is 1. The van der Waals surface area contributed by atoms with Crippen LogP contribution in [0.25, 0.3) is 0 Å². The van der Waals surface area contributed by atoms with Gasteiger partial charge in [0.25, 0.3) is 5.91 Å². The summed E-state index contributed by atoms with van der Waals surface area (Å²) in [6.07, 6.45) is 2.23. The Labute approximate surface area is 172 Å². The van der Waals surface area contributed by atoms with Crippen LogP contribution >= 0.6 is 12.4 Å². The quantitative estimate of drug-likeness (QED) is 0.805. The van der Waals surface area contributed by atoms with E-state index in [0.29, 0.717) is 24.2 Å². The summed E-state index contributed by atoms with van der Waals surface area (Å²) in [4.78, 5) is 14.3. The zero-order chi connectivity index (χ0) is 18.6. The van der Waals surface area contributed by atoms with E-state index in [1.807, 2.05) is 59.5 Å². The van der Waals surface area contributed by atoms with Gasteiger partial charge < -0.3 is 20.1 Å². The van der Waals surface area contributed by atoms with Gasteiger partial charge in [0.15, 0.2) is 6.61 Å². The van der Waals surface area contributed by atoms with Gasteiger partial charge in [-0.15, -0.1) is 12.4 Å². The van der Waals surface area contributed by atoms with E-state index in [1.165, 1.54) is 0 Å². The second-order valence-electron chi connectivity index (χ2n) is 7.50. The number of carbonyl (C=O) groups is 1. The first kappa shape index (κ1) is 20.5. The zero-order valence-electron chi connectivity index (χ0n) is 15.8. The first-order valence-electron chi connectivity index (χ1n) is 9.62. The van der Waals surface area contributed by atoms with Gasteiger partial charge in [-0.2, -0.15) is 0 Å². The number of carbonyl (C=O) groups excluding carboxylic acids is 1. The van der Waals surface area contributed by atoms with E-state index in [1.54, 1.807) is 0 Å². The molecule has 1 saturated heterocycles. The maximum Gasteiger partial charge on any atom is 0.260 e. The first-order chi connectivity index (χ1) is 13.2. The van der Waals surface area contributed by atoms with Crippen LogP contribution in [0.3, 0.4) is 0 Å². The fourth-order valence-corrected chi connectivity index (χ4v) is 4.12. The van der Waals surface area contributed by atoms with Crippen molar-refractivity contribution in [3.05, 3.63) is 60.2 Å². The van der Waals surface area contributed by atoms with Gasteiger partial charge in [0.1, 0.15) is 18.1 Å². The molecule has 150 valence electrons. The van der Waals surface area contributed by atoms with Crippen molar-refractivity contribution in [2.45, 2.75) is 25.5 Å². The molecule has 2 aromatic carbocycles. The number of fused-ring (bicyclic) bond motifs is 1. The second-order valence-corrected chi connectivity index (χ2v) is 7.50. The van der Waals surface area contributed by atoms with Gasteiger partial charge in [-0.25, -0.2) is 0 Å². The third kappa shape index (κ3) is 4.78. The monoisotopic (exact) mass is 402 g/mol. The number of rotatable bonds is 6. The lowest BCUT2D eigenvalue weighted by atomic mass is 9.98. The van der Waals surface area contributed by atoms with Crippen LogP contribution < -0.4 is 15.2 Å². The summed E-state index contributed by atoms with van der Waals surface area (Å²) in [5.74, 6) is 2.53. The Morgan fingerprint density at radius 2 is 1.64 bits per heavy atom. The van der Waals surface area contributed by atoms with Crippen molar-refractivity contribution < 1.29 is 14.3 Å². The van der Waals surface area contributed by atoms with Crippen LogP contribution in [0.5, 0.6) is 11.5 Å². The molecule has 1 saturated carbocycles. The van der Waals surface area contributed by atoms with Crippen molar-refractivity contribution in [1.29, 1.82) is 0 Å². The smallest absolute Gasteiger partial charge is 0.260 e. The van der Waals surface area contributed by atoms with Crippen LogP contribution in [0.4, 0.5) is 0 Å². The Hall–Kier alpha value is -2.24. The van der Waals surface area contributed by atoms with E-state index < -0.39 is 0 Å². The molecular formula is C22H27ClN2O3. The number of likely N-dealkylation sites (tertiary alicyclic amines) is 1. The predicted octanol–water partition coefficient (Wildman–Crippen LogP) is 3.26. The van der Waals surface area contributed by atoms with E-state index in [0.717, 1.165) is 37.2 Å². The summed E-state index contributed by atoms with van der Waals surface area (Å²) < 4.78 is 11.4. The highest BCUT2D eigenvalue weighted by Crippen LogP contribution is 2.37. The second kappa shape index (κ2) is 9.30. The minimum absolute atomic E-state index is 0. The number of amides is 1. The fraction of sp³-hybridized carbons (Fsp3) is 0.409. The van der Waals surface area contributed by atoms with E-state index in [-0.39, 0.29) is 31.0 Å². The molecule has 0 radical (unpaired) electrons. The van der Waals surface area contributed by atoms with Crippen molar-refractivity contribution in [1.82, 2.24) is 4.90 Å². The summed E-state index contributed by atoms with van der Waals surface area (Å²) in [6, 6.07) is 17.7. The van der Waals surface area contributed by atoms with E-state index >= 15 is 0 Å². The minimum atomic E-state index is 0. The Morgan fingerprint density at radius 1 is 0.964 bits per heavy atom. The number of benzene rings is 2. The third-order valence-corrected chi connectivity index (χ3v) is 5.70. The average molecular weight is 403 g/mol. The maximum absolute atomic E-state index is 12.4. The Kier molecular flexibility index (Phi) is 6.81. The van der Waals surface area contributed by atoms with Gasteiger partial charge in [0, 0.05) is 19.1 Å². The molecule has 0 aromatic heterocycles. The van der Waals surface area contributed by atoms with E-state index in [2.05, 4.69) is 0 Å². The summed E-state index contributed by atoms with van der Waals surface area (Å²) >= 11 is 0. The maximum atomic E-state index is 12.4. The lowest BCUT2D eigenvalue weighted by molar-refractivity contribution is -0.132. The third-order valence-electron chi connectivity index (χ3n) is 5.70. The van der Waals surface area contributed by atoms with Gasteiger partial charge in [-0.3, -0.25) is 4.79 Å². The molecule has 1 aliphatic carbocycles. The molecule has 1 heterocycles. The van der Waals surface area contributed by atoms with Gasteiger partial charge in [-0.05, 0) is 54.5 Å². The lowest BCUT2D eigenvalue weighted by Gasteiger charge is -2.19. The standard InChI is InChI=1S/C22H26N2O3.ClH/c23-21-11-6-17-12-24(13-20(17)21)22(25)15-27-19-9-7-18(8-10-19)26-14-16-4-2-1-3-5-16;/h1-5,7-10,17,20-21H,6,11-15,23H2;1H. The van der Waals surface area contributed by atoms with Crippen LogP contribution in [-0.4, -0.2) is 36.5 Å². The zero-order valence-corrected chi connectivity index (χ0v) is 16.6. The summed E-state index contributed by atoms with van der Waals surface area (Å²) in [6.45, 7) is 2.20. The van der Waals surface area contributed by atoms with E-state index in [4.69, 9.17) is 15.2 Å². The molecule has 2 fully saturated rings. The van der Waals surface area contributed by atoms with Crippen molar-refractivity contribution in [3.63, 3.8) is 0 Å². The molecule has 3 unspecified atom stereocenters. The molecule has 4 rings (SSSR count). The predicted molar refractivity (Wildman–Crippen MR) is 111 cm³/mol. The molecule has 2 aliphatic rings. The molecule has 28 heavy (non-hydrogen) atoms. The highest BCUT2D eigenvalue weighted by atomic mass is 35.5. The van der Waals surface area contributed by atoms with Crippen LogP contribution in [-0.2, 0) is 11.4 Å². The number of hydrogen-bond acceptors (Lipinski definition) is 4. The number of hydrogen-bond donors (Lipinski definition) is 1. The molecule has 2 aromatic rings. The highest BCUT2D eigenvalue weighted by molar-refractivity contribution is 5.85. The van der Waals surface area contributed by atoms with Gasteiger partial charge in [0.05, 0.1) is 0 Å². The van der Waals surface area contributed by atoms with Crippen LogP contribution in [0.1, 0.15) is 18.4 Å². The molecule has 3 atom stereocenters. The van der Waals surface area contributed by atoms with Gasteiger partial charge in [0.2, 0.25) is 0 Å². The SMILES string of the molecule is Cl.NC1CCC2CN(C(=O)COc3ccc(OCc4ccccc4)cc3)CC12. The molecule has 6 heteroatoms. The molecule has 1 amide bonds. The van der Waals surface area contributed by atoms with Crippen LogP contribution in [0.2, 0.25) is 0 Å². The Bertz CT molecular complexity index is 769. The lowest BCUT2D eigenvalue weighted by Crippen LogP contribution is -2.36. The molecule has 0 spiro atoms.